The fourth-order valence-electron chi connectivity index (χ4n) is 3.39. The van der Waals surface area contributed by atoms with E-state index in [1.165, 1.54) is 0 Å². The Kier molecular flexibility index (Phi) is 4.52. The number of carbonyl (C=O) groups is 1. The van der Waals surface area contributed by atoms with Crippen molar-refractivity contribution in [3.63, 3.8) is 0 Å². The number of ether oxygens (including phenoxy) is 2. The minimum atomic E-state index is 0.00470. The number of fused-ring (bicyclic) bond motifs is 1. The highest BCUT2D eigenvalue weighted by molar-refractivity contribution is 6.09. The van der Waals surface area contributed by atoms with Gasteiger partial charge in [-0.1, -0.05) is 5.21 Å². The molecule has 2 heterocycles. The lowest BCUT2D eigenvalue weighted by molar-refractivity contribution is 0.101. The number of Topliss-reactive ketones (excluding diaryl/α,β-unsaturated/α-hetero) is 1. The number of carbonyl (C=O) groups excluding carboxylic acids is 1. The van der Waals surface area contributed by atoms with Crippen LogP contribution in [-0.2, 0) is 6.61 Å². The lowest BCUT2D eigenvalue weighted by Gasteiger charge is -2.10. The first-order valence-corrected chi connectivity index (χ1v) is 8.74. The fraction of sp³-hybridized carbons (Fsp3) is 0.200. The van der Waals surface area contributed by atoms with E-state index in [4.69, 9.17) is 9.47 Å². The summed E-state index contributed by atoms with van der Waals surface area (Å²) >= 11 is 0. The van der Waals surface area contributed by atoms with Crippen molar-refractivity contribution >= 4 is 16.7 Å². The molecule has 28 heavy (non-hydrogen) atoms. The Bertz CT molecular complexity index is 1130. The van der Waals surface area contributed by atoms with Crippen LogP contribution in [0.15, 0.2) is 42.5 Å². The molecule has 0 unspecified atom stereocenters. The number of H-pyrrole nitrogens is 1. The summed E-state index contributed by atoms with van der Waals surface area (Å²) in [7, 11) is 1.63. The number of rotatable bonds is 6. The molecular weight excluding hydrogens is 358 g/mol. The highest BCUT2D eigenvalue weighted by Gasteiger charge is 2.19. The first-order chi connectivity index (χ1) is 13.6. The van der Waals surface area contributed by atoms with Crippen molar-refractivity contribution in [3.8, 4) is 17.2 Å². The van der Waals surface area contributed by atoms with Gasteiger partial charge in [0.15, 0.2) is 12.4 Å². The van der Waals surface area contributed by atoms with Gasteiger partial charge in [0.25, 0.3) is 0 Å². The minimum absolute atomic E-state index is 0.00470. The second kappa shape index (κ2) is 7.15. The van der Waals surface area contributed by atoms with E-state index in [0.717, 1.165) is 28.0 Å². The minimum Gasteiger partial charge on any atom is -0.497 e. The van der Waals surface area contributed by atoms with Crippen molar-refractivity contribution in [1.29, 1.82) is 0 Å². The maximum atomic E-state index is 12.4. The third-order valence-electron chi connectivity index (χ3n) is 4.62. The normalized spacial score (nSPS) is 11.0. The van der Waals surface area contributed by atoms with Gasteiger partial charge in [-0.3, -0.25) is 4.79 Å². The topological polar surface area (TPSA) is 94.9 Å². The van der Waals surface area contributed by atoms with Crippen molar-refractivity contribution in [3.05, 3.63) is 59.5 Å². The zero-order chi connectivity index (χ0) is 19.7. The Morgan fingerprint density at radius 3 is 2.54 bits per heavy atom. The fourth-order valence-corrected chi connectivity index (χ4v) is 3.39. The van der Waals surface area contributed by atoms with Crippen LogP contribution in [-0.4, -0.2) is 38.1 Å². The Hall–Kier alpha value is -3.68. The molecular formula is C20H19N5O3. The van der Waals surface area contributed by atoms with Crippen LogP contribution >= 0.6 is 0 Å². The van der Waals surface area contributed by atoms with Crippen molar-refractivity contribution in [2.45, 2.75) is 20.5 Å². The largest absolute Gasteiger partial charge is 0.497 e. The van der Waals surface area contributed by atoms with Gasteiger partial charge in [0.05, 0.1) is 12.6 Å². The number of aromatic nitrogens is 5. The number of nitrogens with one attached hydrogen (secondary N) is 1. The van der Waals surface area contributed by atoms with Crippen LogP contribution in [0.25, 0.3) is 16.6 Å². The van der Waals surface area contributed by atoms with E-state index >= 15 is 0 Å². The van der Waals surface area contributed by atoms with Crippen molar-refractivity contribution in [1.82, 2.24) is 25.2 Å². The maximum Gasteiger partial charge on any atom is 0.211 e. The summed E-state index contributed by atoms with van der Waals surface area (Å²) in [5, 5.41) is 14.5. The summed E-state index contributed by atoms with van der Waals surface area (Å²) in [4.78, 5) is 12.4. The van der Waals surface area contributed by atoms with Gasteiger partial charge in [0.1, 0.15) is 11.5 Å². The summed E-state index contributed by atoms with van der Waals surface area (Å²) in [6.45, 7) is 3.71. The van der Waals surface area contributed by atoms with Crippen molar-refractivity contribution in [2.75, 3.05) is 7.11 Å². The number of benzene rings is 2. The quantitative estimate of drug-likeness (QED) is 0.518. The number of aromatic amines is 1. The molecule has 0 fully saturated rings. The molecule has 1 N–H and O–H groups in total. The monoisotopic (exact) mass is 377 g/mol. The molecule has 8 heteroatoms. The van der Waals surface area contributed by atoms with Crippen LogP contribution in [0.1, 0.15) is 28.8 Å². The molecule has 0 saturated carbocycles. The van der Waals surface area contributed by atoms with Crippen LogP contribution in [0.3, 0.4) is 0 Å². The molecule has 0 atom stereocenters. The van der Waals surface area contributed by atoms with Crippen molar-refractivity contribution < 1.29 is 14.3 Å². The van der Waals surface area contributed by atoms with Crippen LogP contribution in [0, 0.1) is 6.92 Å². The van der Waals surface area contributed by atoms with Gasteiger partial charge >= 0.3 is 0 Å². The smallest absolute Gasteiger partial charge is 0.211 e. The van der Waals surface area contributed by atoms with E-state index in [9.17, 15) is 4.79 Å². The predicted molar refractivity (Wildman–Crippen MR) is 103 cm³/mol. The highest BCUT2D eigenvalue weighted by Crippen LogP contribution is 2.33. The lowest BCUT2D eigenvalue weighted by Crippen LogP contribution is -1.99. The molecule has 4 rings (SSSR count). The molecule has 4 aromatic rings. The van der Waals surface area contributed by atoms with Gasteiger partial charge in [-0.05, 0) is 56.3 Å². The third kappa shape index (κ3) is 3.09. The number of nitrogens with zero attached hydrogens (tertiary/aromatic N) is 4. The standard InChI is InChI=1S/C20H19N5O3/c1-12-20(13(2)26)17-10-16(28-11-19-21-23-24-22-19)8-9-18(17)25(12)14-4-6-15(27-3)7-5-14/h4-10H,11H2,1-3H3,(H,21,22,23,24). The van der Waals surface area contributed by atoms with E-state index in [-0.39, 0.29) is 12.4 Å². The molecule has 0 amide bonds. The molecule has 0 aliphatic rings. The average Bonchev–Trinajstić information content (AvgIpc) is 3.31. The first kappa shape index (κ1) is 17.7. The SMILES string of the molecule is COc1ccc(-n2c(C)c(C(C)=O)c3cc(OCc4nn[nH]n4)ccc32)cc1. The van der Waals surface area contributed by atoms with Gasteiger partial charge in [0.2, 0.25) is 5.82 Å². The Morgan fingerprint density at radius 2 is 1.89 bits per heavy atom. The lowest BCUT2D eigenvalue weighted by atomic mass is 10.1. The summed E-state index contributed by atoms with van der Waals surface area (Å²) in [5.74, 6) is 1.87. The zero-order valence-corrected chi connectivity index (χ0v) is 15.8. The summed E-state index contributed by atoms with van der Waals surface area (Å²) in [6, 6.07) is 13.4. The Labute approximate surface area is 161 Å². The zero-order valence-electron chi connectivity index (χ0n) is 15.8. The van der Waals surface area contributed by atoms with Crippen LogP contribution in [0.5, 0.6) is 11.5 Å². The maximum absolute atomic E-state index is 12.4. The molecule has 0 spiro atoms. The van der Waals surface area contributed by atoms with Gasteiger partial charge in [0, 0.05) is 22.3 Å². The molecule has 2 aromatic carbocycles. The number of hydrogen-bond acceptors (Lipinski definition) is 6. The van der Waals surface area contributed by atoms with E-state index < -0.39 is 0 Å². The summed E-state index contributed by atoms with van der Waals surface area (Å²) in [6.07, 6.45) is 0. The highest BCUT2D eigenvalue weighted by atomic mass is 16.5. The van der Waals surface area contributed by atoms with Crippen molar-refractivity contribution in [2.24, 2.45) is 0 Å². The van der Waals surface area contributed by atoms with Gasteiger partial charge in [-0.15, -0.1) is 10.2 Å². The first-order valence-electron chi connectivity index (χ1n) is 8.74. The Balaban J connectivity index is 1.79. The second-order valence-electron chi connectivity index (χ2n) is 6.35. The summed E-state index contributed by atoms with van der Waals surface area (Å²) in [5.41, 5.74) is 3.44. The van der Waals surface area contributed by atoms with E-state index in [2.05, 4.69) is 25.2 Å². The third-order valence-corrected chi connectivity index (χ3v) is 4.62. The van der Waals surface area contributed by atoms with Gasteiger partial charge in [-0.2, -0.15) is 5.21 Å². The van der Waals surface area contributed by atoms with E-state index in [1.807, 2.05) is 49.4 Å². The molecule has 142 valence electrons. The molecule has 0 bridgehead atoms. The van der Waals surface area contributed by atoms with E-state index in [1.54, 1.807) is 14.0 Å². The second-order valence-corrected chi connectivity index (χ2v) is 6.35. The molecule has 0 saturated heterocycles. The number of hydrogen-bond donors (Lipinski definition) is 1. The summed E-state index contributed by atoms with van der Waals surface area (Å²) < 4.78 is 13.1. The van der Waals surface area contributed by atoms with E-state index in [0.29, 0.717) is 17.1 Å². The van der Waals surface area contributed by atoms with Crippen LogP contribution in [0.4, 0.5) is 0 Å². The van der Waals surface area contributed by atoms with Crippen LogP contribution in [0.2, 0.25) is 0 Å². The van der Waals surface area contributed by atoms with Gasteiger partial charge in [-0.25, -0.2) is 0 Å². The molecule has 0 aliphatic heterocycles. The predicted octanol–water partition coefficient (Wildman–Crippen LogP) is 3.24. The molecule has 2 aromatic heterocycles. The number of methoxy groups -OCH3 is 1. The number of ketones is 1. The average molecular weight is 377 g/mol. The van der Waals surface area contributed by atoms with Gasteiger partial charge < -0.3 is 14.0 Å². The van der Waals surface area contributed by atoms with Crippen LogP contribution < -0.4 is 9.47 Å². The molecule has 0 aliphatic carbocycles. The Morgan fingerprint density at radius 1 is 1.14 bits per heavy atom. The number of tetrazole rings is 1. The molecule has 8 nitrogen and oxygen atoms in total. The molecule has 0 radical (unpaired) electrons.